The summed E-state index contributed by atoms with van der Waals surface area (Å²) >= 11 is 1.27. The minimum absolute atomic E-state index is 0.0459. The fourth-order valence-electron chi connectivity index (χ4n) is 10.1. The van der Waals surface area contributed by atoms with Crippen molar-refractivity contribution in [1.82, 2.24) is 0 Å². The number of carbonyl (C=O) groups excluding carboxylic acids is 2. The van der Waals surface area contributed by atoms with Crippen LogP contribution in [-0.2, 0) is 9.59 Å². The molecule has 12 atom stereocenters. The van der Waals surface area contributed by atoms with E-state index in [1.165, 1.54) is 37.4 Å². The summed E-state index contributed by atoms with van der Waals surface area (Å²) in [5, 5.41) is 22.2. The van der Waals surface area contributed by atoms with Gasteiger partial charge in [0, 0.05) is 0 Å². The van der Waals surface area contributed by atoms with Gasteiger partial charge in [-0.15, -0.1) is 0 Å². The second kappa shape index (κ2) is 8.62. The lowest BCUT2D eigenvalue weighted by Crippen LogP contribution is -2.62. The highest BCUT2D eigenvalue weighted by molar-refractivity contribution is 8.15. The Balaban J connectivity index is 1.39. The molecule has 0 spiro atoms. The van der Waals surface area contributed by atoms with Gasteiger partial charge in [0.05, 0.1) is 23.9 Å². The molecule has 5 fully saturated rings. The molecule has 33 heavy (non-hydrogen) atoms. The Morgan fingerprint density at radius 3 is 2.36 bits per heavy atom. The number of hydrogen-bond donors (Lipinski definition) is 2. The van der Waals surface area contributed by atoms with Crippen LogP contribution in [0.15, 0.2) is 0 Å². The number of thioether (sulfide) groups is 1. The topological polar surface area (TPSA) is 74.6 Å². The van der Waals surface area contributed by atoms with Gasteiger partial charge in [-0.1, -0.05) is 45.9 Å². The van der Waals surface area contributed by atoms with Crippen LogP contribution in [0.3, 0.4) is 0 Å². The van der Waals surface area contributed by atoms with Gasteiger partial charge in [-0.25, -0.2) is 0 Å². The molecule has 6 unspecified atom stereocenters. The first kappa shape index (κ1) is 24.3. The SMILES string of the molecule is CC[C@H]1C(O)C2C3CCC([C@H](C)CC4SC(=O)CC4=O)[C@@]3(C)CCC2[C@@]2(C)CC[C@@H](O)C[C@@H]12. The Morgan fingerprint density at radius 1 is 1.00 bits per heavy atom. The Bertz CT molecular complexity index is 799. The Kier molecular flexibility index (Phi) is 6.35. The van der Waals surface area contributed by atoms with Gasteiger partial charge in [-0.3, -0.25) is 9.59 Å². The van der Waals surface area contributed by atoms with Gasteiger partial charge < -0.3 is 10.2 Å². The molecule has 1 saturated heterocycles. The molecule has 0 radical (unpaired) electrons. The number of Topliss-reactive ketones (excluding diaryl/α,β-unsaturated/α-hetero) is 1. The van der Waals surface area contributed by atoms with Crippen molar-refractivity contribution >= 4 is 22.7 Å². The Labute approximate surface area is 204 Å². The minimum atomic E-state index is -0.258. The van der Waals surface area contributed by atoms with Crippen LogP contribution >= 0.6 is 11.8 Å². The predicted octanol–water partition coefficient (Wildman–Crippen LogP) is 5.24. The average Bonchev–Trinajstić information content (AvgIpc) is 3.27. The summed E-state index contributed by atoms with van der Waals surface area (Å²) < 4.78 is 0. The molecule has 186 valence electrons. The van der Waals surface area contributed by atoms with Crippen molar-refractivity contribution in [3.63, 3.8) is 0 Å². The number of fused-ring (bicyclic) bond motifs is 5. The minimum Gasteiger partial charge on any atom is -0.393 e. The van der Waals surface area contributed by atoms with E-state index in [2.05, 4.69) is 27.7 Å². The van der Waals surface area contributed by atoms with Crippen LogP contribution in [0.2, 0.25) is 0 Å². The van der Waals surface area contributed by atoms with Crippen molar-refractivity contribution in [3.8, 4) is 0 Å². The van der Waals surface area contributed by atoms with Crippen molar-refractivity contribution in [2.75, 3.05) is 0 Å². The molecule has 0 amide bonds. The summed E-state index contributed by atoms with van der Waals surface area (Å²) in [6.45, 7) is 9.53. The molecule has 0 aromatic rings. The van der Waals surface area contributed by atoms with Crippen LogP contribution < -0.4 is 0 Å². The maximum absolute atomic E-state index is 12.3. The van der Waals surface area contributed by atoms with Crippen LogP contribution in [0, 0.1) is 52.3 Å². The lowest BCUT2D eigenvalue weighted by molar-refractivity contribution is -0.203. The molecule has 1 aliphatic heterocycles. The van der Waals surface area contributed by atoms with Crippen molar-refractivity contribution in [2.45, 2.75) is 109 Å². The zero-order valence-electron chi connectivity index (χ0n) is 21.0. The first-order valence-corrected chi connectivity index (χ1v) is 14.6. The van der Waals surface area contributed by atoms with E-state index < -0.39 is 0 Å². The molecule has 5 rings (SSSR count). The maximum Gasteiger partial charge on any atom is 0.197 e. The summed E-state index contributed by atoms with van der Waals surface area (Å²) in [4.78, 5) is 24.1. The van der Waals surface area contributed by atoms with E-state index in [1.54, 1.807) is 0 Å². The average molecular weight is 477 g/mol. The van der Waals surface area contributed by atoms with Gasteiger partial charge in [0.25, 0.3) is 0 Å². The molecule has 4 saturated carbocycles. The van der Waals surface area contributed by atoms with E-state index in [-0.39, 0.29) is 45.6 Å². The zero-order chi connectivity index (χ0) is 23.7. The van der Waals surface area contributed by atoms with E-state index in [9.17, 15) is 19.8 Å². The highest BCUT2D eigenvalue weighted by Crippen LogP contribution is 2.69. The number of hydrogen-bond acceptors (Lipinski definition) is 5. The van der Waals surface area contributed by atoms with E-state index in [1.807, 2.05) is 0 Å². The number of rotatable bonds is 4. The second-order valence-electron chi connectivity index (χ2n) is 13.0. The van der Waals surface area contributed by atoms with E-state index in [4.69, 9.17) is 0 Å². The smallest absolute Gasteiger partial charge is 0.197 e. The summed E-state index contributed by atoms with van der Waals surface area (Å²) in [7, 11) is 0. The molecule has 4 aliphatic carbocycles. The fraction of sp³-hybridized carbons (Fsp3) is 0.929. The number of carbonyl (C=O) groups is 2. The lowest BCUT2D eigenvalue weighted by atomic mass is 9.41. The van der Waals surface area contributed by atoms with E-state index >= 15 is 0 Å². The maximum atomic E-state index is 12.3. The largest absolute Gasteiger partial charge is 0.393 e. The highest BCUT2D eigenvalue weighted by Gasteiger charge is 2.65. The molecule has 5 heteroatoms. The number of aliphatic hydroxyl groups is 2. The van der Waals surface area contributed by atoms with Crippen molar-refractivity contribution < 1.29 is 19.8 Å². The van der Waals surface area contributed by atoms with Gasteiger partial charge in [0.2, 0.25) is 0 Å². The van der Waals surface area contributed by atoms with Crippen LogP contribution in [0.25, 0.3) is 0 Å². The molecule has 0 aromatic carbocycles. The number of ketones is 1. The molecule has 5 aliphatic rings. The predicted molar refractivity (Wildman–Crippen MR) is 132 cm³/mol. The normalized spacial score (nSPS) is 52.8. The molecular weight excluding hydrogens is 432 g/mol. The summed E-state index contributed by atoms with van der Waals surface area (Å²) in [6, 6.07) is 0. The summed E-state index contributed by atoms with van der Waals surface area (Å²) in [6.07, 6.45) is 9.14. The summed E-state index contributed by atoms with van der Waals surface area (Å²) in [5.74, 6) is 3.34. The highest BCUT2D eigenvalue weighted by atomic mass is 32.2. The van der Waals surface area contributed by atoms with Crippen molar-refractivity contribution in [3.05, 3.63) is 0 Å². The van der Waals surface area contributed by atoms with Gasteiger partial charge in [-0.2, -0.15) is 0 Å². The fourth-order valence-corrected chi connectivity index (χ4v) is 11.3. The van der Waals surface area contributed by atoms with Gasteiger partial charge in [-0.05, 0) is 104 Å². The first-order valence-electron chi connectivity index (χ1n) is 13.7. The lowest BCUT2D eigenvalue weighted by Gasteiger charge is -2.64. The molecule has 4 nitrogen and oxygen atoms in total. The quantitative estimate of drug-likeness (QED) is 0.543. The number of aliphatic hydroxyl groups excluding tert-OH is 2. The summed E-state index contributed by atoms with van der Waals surface area (Å²) in [5.41, 5.74) is 0.454. The first-order chi connectivity index (χ1) is 15.6. The van der Waals surface area contributed by atoms with Gasteiger partial charge >= 0.3 is 0 Å². The zero-order valence-corrected chi connectivity index (χ0v) is 21.8. The van der Waals surface area contributed by atoms with E-state index in [0.29, 0.717) is 41.4 Å². The van der Waals surface area contributed by atoms with Crippen LogP contribution in [0.4, 0.5) is 0 Å². The standard InChI is InChI=1S/C28H44O4S/c1-5-17-21-13-16(29)8-10-28(21,4)20-9-11-27(3)18(6-7-19(27)25(20)26(17)32)15(2)12-23-22(30)14-24(31)33-23/h15-21,23,25-26,29,32H,5-14H2,1-4H3/t15-,16-,17-,18?,19?,20?,21+,23?,25?,26?,27-,28-/m1/s1. The van der Waals surface area contributed by atoms with Crippen LogP contribution in [0.1, 0.15) is 91.9 Å². The van der Waals surface area contributed by atoms with Gasteiger partial charge in [0.1, 0.15) is 0 Å². The third-order valence-electron chi connectivity index (χ3n) is 11.7. The molecular formula is C28H44O4S. The van der Waals surface area contributed by atoms with Crippen LogP contribution in [-0.4, -0.2) is 38.6 Å². The second-order valence-corrected chi connectivity index (χ2v) is 14.2. The molecule has 0 aromatic heterocycles. The van der Waals surface area contributed by atoms with E-state index in [0.717, 1.165) is 32.1 Å². The van der Waals surface area contributed by atoms with Crippen LogP contribution in [0.5, 0.6) is 0 Å². The third-order valence-corrected chi connectivity index (χ3v) is 12.8. The Hall–Kier alpha value is -0.390. The van der Waals surface area contributed by atoms with Crippen molar-refractivity contribution in [1.29, 1.82) is 0 Å². The molecule has 0 bridgehead atoms. The van der Waals surface area contributed by atoms with Crippen molar-refractivity contribution in [2.24, 2.45) is 52.3 Å². The third kappa shape index (κ3) is 3.69. The van der Waals surface area contributed by atoms with Gasteiger partial charge in [0.15, 0.2) is 10.9 Å². The Morgan fingerprint density at radius 2 is 1.70 bits per heavy atom. The molecule has 1 heterocycles. The molecule has 2 N–H and O–H groups in total. The monoisotopic (exact) mass is 476 g/mol.